The van der Waals surface area contributed by atoms with Crippen molar-refractivity contribution in [2.75, 3.05) is 5.73 Å². The SMILES string of the molecule is CCc1cc(Cn2nc(C)c(N)c2C)n(CC)n1. The van der Waals surface area contributed by atoms with E-state index < -0.39 is 0 Å². The van der Waals surface area contributed by atoms with E-state index in [1.54, 1.807) is 0 Å². The van der Waals surface area contributed by atoms with Gasteiger partial charge in [0.25, 0.3) is 0 Å². The van der Waals surface area contributed by atoms with E-state index in [0.717, 1.165) is 42.3 Å². The average Bonchev–Trinajstić information content (AvgIpc) is 2.87. The molecule has 0 radical (unpaired) electrons. The lowest BCUT2D eigenvalue weighted by Crippen LogP contribution is -2.10. The van der Waals surface area contributed by atoms with E-state index in [0.29, 0.717) is 0 Å². The third-order valence-electron chi connectivity index (χ3n) is 3.32. The molecular formula is C13H21N5. The quantitative estimate of drug-likeness (QED) is 0.897. The summed E-state index contributed by atoms with van der Waals surface area (Å²) in [5.74, 6) is 0. The first-order valence-corrected chi connectivity index (χ1v) is 6.41. The minimum Gasteiger partial charge on any atom is -0.396 e. The Morgan fingerprint density at radius 2 is 1.89 bits per heavy atom. The van der Waals surface area contributed by atoms with Gasteiger partial charge in [-0.1, -0.05) is 6.92 Å². The van der Waals surface area contributed by atoms with E-state index in [4.69, 9.17) is 5.73 Å². The number of hydrogen-bond acceptors (Lipinski definition) is 3. The van der Waals surface area contributed by atoms with Crippen LogP contribution in [0.5, 0.6) is 0 Å². The molecule has 0 spiro atoms. The van der Waals surface area contributed by atoms with Gasteiger partial charge < -0.3 is 5.73 Å². The molecule has 0 unspecified atom stereocenters. The number of hydrogen-bond donors (Lipinski definition) is 1. The van der Waals surface area contributed by atoms with Crippen molar-refractivity contribution in [1.82, 2.24) is 19.6 Å². The lowest BCUT2D eigenvalue weighted by atomic mass is 10.3. The Morgan fingerprint density at radius 1 is 1.17 bits per heavy atom. The number of rotatable bonds is 4. The number of anilines is 1. The van der Waals surface area contributed by atoms with Gasteiger partial charge in [-0.25, -0.2) is 0 Å². The highest BCUT2D eigenvalue weighted by Crippen LogP contribution is 2.16. The van der Waals surface area contributed by atoms with Crippen molar-refractivity contribution < 1.29 is 0 Å². The number of nitrogens with two attached hydrogens (primary N) is 1. The summed E-state index contributed by atoms with van der Waals surface area (Å²) in [5.41, 5.74) is 11.0. The molecule has 0 saturated carbocycles. The Hall–Kier alpha value is -1.78. The van der Waals surface area contributed by atoms with Crippen LogP contribution >= 0.6 is 0 Å². The maximum atomic E-state index is 5.95. The van der Waals surface area contributed by atoms with Gasteiger partial charge in [-0.15, -0.1) is 0 Å². The summed E-state index contributed by atoms with van der Waals surface area (Å²) in [6.45, 7) is 9.77. The van der Waals surface area contributed by atoms with Crippen molar-refractivity contribution >= 4 is 5.69 Å². The van der Waals surface area contributed by atoms with E-state index in [1.165, 1.54) is 5.69 Å². The van der Waals surface area contributed by atoms with Crippen LogP contribution in [-0.4, -0.2) is 19.6 Å². The van der Waals surface area contributed by atoms with E-state index in [-0.39, 0.29) is 0 Å². The zero-order valence-electron chi connectivity index (χ0n) is 11.6. The predicted molar refractivity (Wildman–Crippen MR) is 72.5 cm³/mol. The number of nitrogen functional groups attached to an aromatic ring is 1. The van der Waals surface area contributed by atoms with Crippen LogP contribution in [0, 0.1) is 13.8 Å². The van der Waals surface area contributed by atoms with E-state index in [2.05, 4.69) is 30.1 Å². The summed E-state index contributed by atoms with van der Waals surface area (Å²) in [6, 6.07) is 2.15. The second kappa shape index (κ2) is 4.84. The first-order valence-electron chi connectivity index (χ1n) is 6.41. The molecule has 0 fully saturated rings. The molecular weight excluding hydrogens is 226 g/mol. The van der Waals surface area contributed by atoms with Gasteiger partial charge in [0.15, 0.2) is 0 Å². The molecule has 2 N–H and O–H groups in total. The van der Waals surface area contributed by atoms with Crippen molar-refractivity contribution in [3.8, 4) is 0 Å². The van der Waals surface area contributed by atoms with Crippen LogP contribution in [-0.2, 0) is 19.5 Å². The monoisotopic (exact) mass is 247 g/mol. The molecule has 2 aromatic rings. The second-order valence-electron chi connectivity index (χ2n) is 4.54. The molecule has 0 saturated heterocycles. The topological polar surface area (TPSA) is 61.7 Å². The third-order valence-corrected chi connectivity index (χ3v) is 3.32. The van der Waals surface area contributed by atoms with Crippen LogP contribution in [0.4, 0.5) is 5.69 Å². The van der Waals surface area contributed by atoms with Gasteiger partial charge in [-0.3, -0.25) is 9.36 Å². The first kappa shape index (κ1) is 12.7. The van der Waals surface area contributed by atoms with Gasteiger partial charge in [-0.05, 0) is 33.3 Å². The zero-order valence-corrected chi connectivity index (χ0v) is 11.6. The fourth-order valence-corrected chi connectivity index (χ4v) is 2.11. The molecule has 0 amide bonds. The fourth-order valence-electron chi connectivity index (χ4n) is 2.11. The third kappa shape index (κ3) is 2.12. The number of nitrogens with zero attached hydrogens (tertiary/aromatic N) is 4. The Kier molecular flexibility index (Phi) is 3.41. The number of aromatic nitrogens is 4. The van der Waals surface area contributed by atoms with Gasteiger partial charge in [0, 0.05) is 6.54 Å². The molecule has 98 valence electrons. The first-order chi connectivity index (χ1) is 8.56. The Morgan fingerprint density at radius 3 is 2.39 bits per heavy atom. The van der Waals surface area contributed by atoms with Crippen LogP contribution in [0.2, 0.25) is 0 Å². The Bertz CT molecular complexity index is 550. The smallest absolute Gasteiger partial charge is 0.0832 e. The highest BCUT2D eigenvalue weighted by atomic mass is 15.3. The van der Waals surface area contributed by atoms with Crippen LogP contribution in [0.15, 0.2) is 6.07 Å². The summed E-state index contributed by atoms with van der Waals surface area (Å²) < 4.78 is 3.98. The van der Waals surface area contributed by atoms with Crippen molar-refractivity contribution in [1.29, 1.82) is 0 Å². The molecule has 0 atom stereocenters. The summed E-state index contributed by atoms with van der Waals surface area (Å²) in [7, 11) is 0. The molecule has 0 aliphatic carbocycles. The molecule has 0 bridgehead atoms. The van der Waals surface area contributed by atoms with Crippen molar-refractivity contribution in [3.63, 3.8) is 0 Å². The maximum absolute atomic E-state index is 5.95. The van der Waals surface area contributed by atoms with Gasteiger partial charge in [0.1, 0.15) is 0 Å². The second-order valence-corrected chi connectivity index (χ2v) is 4.54. The van der Waals surface area contributed by atoms with Crippen molar-refractivity contribution in [2.24, 2.45) is 0 Å². The molecule has 0 aliphatic heterocycles. The standard InChI is InChI=1S/C13H21N5/c1-5-11-7-12(17(6-2)16-11)8-18-10(4)13(14)9(3)15-18/h7H,5-6,8,14H2,1-4H3. The minimum absolute atomic E-state index is 0.727. The summed E-state index contributed by atoms with van der Waals surface area (Å²) in [4.78, 5) is 0. The molecule has 0 aliphatic rings. The molecule has 5 nitrogen and oxygen atoms in total. The van der Waals surface area contributed by atoms with Crippen molar-refractivity contribution in [2.45, 2.75) is 47.2 Å². The highest BCUT2D eigenvalue weighted by Gasteiger charge is 2.11. The zero-order chi connectivity index (χ0) is 13.3. The van der Waals surface area contributed by atoms with Gasteiger partial charge in [-0.2, -0.15) is 10.2 Å². The fraction of sp³-hybridized carbons (Fsp3) is 0.538. The largest absolute Gasteiger partial charge is 0.396 e. The Balaban J connectivity index is 2.33. The molecule has 2 rings (SSSR count). The highest BCUT2D eigenvalue weighted by molar-refractivity contribution is 5.46. The van der Waals surface area contributed by atoms with Crippen LogP contribution < -0.4 is 5.73 Å². The van der Waals surface area contributed by atoms with Gasteiger partial charge in [0.05, 0.1) is 35.0 Å². The van der Waals surface area contributed by atoms with Crippen LogP contribution in [0.3, 0.4) is 0 Å². The molecule has 5 heteroatoms. The lowest BCUT2D eigenvalue weighted by Gasteiger charge is -2.06. The predicted octanol–water partition coefficient (Wildman–Crippen LogP) is 1.91. The van der Waals surface area contributed by atoms with Crippen molar-refractivity contribution in [3.05, 3.63) is 28.8 Å². The van der Waals surface area contributed by atoms with E-state index in [1.807, 2.05) is 23.2 Å². The summed E-state index contributed by atoms with van der Waals surface area (Å²) in [5, 5.41) is 9.01. The minimum atomic E-state index is 0.727. The average molecular weight is 247 g/mol. The van der Waals surface area contributed by atoms with Crippen LogP contribution in [0.1, 0.15) is 36.6 Å². The maximum Gasteiger partial charge on any atom is 0.0832 e. The molecule has 2 heterocycles. The normalized spacial score (nSPS) is 11.1. The summed E-state index contributed by atoms with van der Waals surface area (Å²) >= 11 is 0. The van der Waals surface area contributed by atoms with Gasteiger partial charge >= 0.3 is 0 Å². The summed E-state index contributed by atoms with van der Waals surface area (Å²) in [6.07, 6.45) is 0.958. The molecule has 2 aromatic heterocycles. The van der Waals surface area contributed by atoms with E-state index >= 15 is 0 Å². The number of aryl methyl sites for hydroxylation is 3. The molecule has 18 heavy (non-hydrogen) atoms. The van der Waals surface area contributed by atoms with Crippen LogP contribution in [0.25, 0.3) is 0 Å². The molecule has 0 aromatic carbocycles. The Labute approximate surface area is 108 Å². The van der Waals surface area contributed by atoms with E-state index in [9.17, 15) is 0 Å². The lowest BCUT2D eigenvalue weighted by molar-refractivity contribution is 0.565. The van der Waals surface area contributed by atoms with Gasteiger partial charge in [0.2, 0.25) is 0 Å².